The maximum absolute atomic E-state index is 5.99. The molecule has 0 amide bonds. The lowest BCUT2D eigenvalue weighted by molar-refractivity contribution is 1.09. The maximum atomic E-state index is 5.99. The molecule has 3 heteroatoms. The van der Waals surface area contributed by atoms with Crippen LogP contribution in [-0.2, 0) is 0 Å². The molecule has 0 aromatic heterocycles. The molecule has 0 fully saturated rings. The zero-order valence-corrected chi connectivity index (χ0v) is 11.0. The third-order valence-corrected chi connectivity index (χ3v) is 4.80. The van der Waals surface area contributed by atoms with E-state index in [0.717, 1.165) is 11.4 Å². The number of thioether (sulfide) groups is 1. The molecule has 0 saturated carbocycles. The monoisotopic (exact) mass is 298 g/mol. The van der Waals surface area contributed by atoms with Crippen molar-refractivity contribution in [3.63, 3.8) is 0 Å². The Morgan fingerprint density at radius 2 is 2.27 bits per heavy atom. The molecule has 3 rings (SSSR count). The van der Waals surface area contributed by atoms with Gasteiger partial charge in [0.2, 0.25) is 0 Å². The molecule has 1 aromatic carbocycles. The van der Waals surface area contributed by atoms with Crippen molar-refractivity contribution in [3.8, 4) is 0 Å². The first-order valence-electron chi connectivity index (χ1n) is 4.78. The van der Waals surface area contributed by atoms with E-state index in [1.807, 2.05) is 17.8 Å². The summed E-state index contributed by atoms with van der Waals surface area (Å²) in [6.45, 7) is 0. The van der Waals surface area contributed by atoms with Gasteiger partial charge in [0.25, 0.3) is 0 Å². The first-order chi connectivity index (χ1) is 7.24. The van der Waals surface area contributed by atoms with E-state index in [1.165, 1.54) is 20.5 Å². The number of rotatable bonds is 0. The van der Waals surface area contributed by atoms with Crippen molar-refractivity contribution in [1.82, 2.24) is 0 Å². The van der Waals surface area contributed by atoms with Crippen molar-refractivity contribution in [2.45, 2.75) is 16.6 Å². The van der Waals surface area contributed by atoms with Gasteiger partial charge in [-0.2, -0.15) is 0 Å². The molecule has 1 aliphatic carbocycles. The average Bonchev–Trinajstić information content (AvgIpc) is 2.54. The summed E-state index contributed by atoms with van der Waals surface area (Å²) in [5.41, 5.74) is 2.78. The molecule has 0 saturated heterocycles. The van der Waals surface area contributed by atoms with Crippen molar-refractivity contribution in [2.75, 3.05) is 0 Å². The normalized spacial score (nSPS) is 22.9. The first kappa shape index (κ1) is 10.0. The third-order valence-electron chi connectivity index (χ3n) is 2.69. The van der Waals surface area contributed by atoms with Gasteiger partial charge in [0.05, 0.1) is 0 Å². The van der Waals surface area contributed by atoms with Crippen LogP contribution in [0.5, 0.6) is 0 Å². The molecule has 0 radical (unpaired) electrons. The Morgan fingerprint density at radius 3 is 3.13 bits per heavy atom. The summed E-state index contributed by atoms with van der Waals surface area (Å²) in [4.78, 5) is 1.31. The van der Waals surface area contributed by atoms with Gasteiger partial charge in [-0.3, -0.25) is 0 Å². The number of hydrogen-bond donors (Lipinski definition) is 0. The van der Waals surface area contributed by atoms with Crippen LogP contribution in [0.2, 0.25) is 5.02 Å². The van der Waals surface area contributed by atoms with Crippen molar-refractivity contribution in [1.29, 1.82) is 0 Å². The minimum absolute atomic E-state index is 0.583. The molecule has 1 unspecified atom stereocenters. The molecule has 1 atom stereocenters. The lowest BCUT2D eigenvalue weighted by atomic mass is 9.97. The molecule has 0 spiro atoms. The number of benzene rings is 1. The van der Waals surface area contributed by atoms with Gasteiger partial charge in [-0.15, -0.1) is 11.8 Å². The van der Waals surface area contributed by atoms with Gasteiger partial charge in [0, 0.05) is 19.7 Å². The van der Waals surface area contributed by atoms with Crippen LogP contribution >= 0.6 is 39.3 Å². The third kappa shape index (κ3) is 1.69. The summed E-state index contributed by atoms with van der Waals surface area (Å²) >= 11 is 11.5. The Labute approximate surface area is 107 Å². The smallest absolute Gasteiger partial charge is 0.0417 e. The number of halogens is 2. The van der Waals surface area contributed by atoms with E-state index in [0.29, 0.717) is 5.25 Å². The highest BCUT2D eigenvalue weighted by atomic mass is 79.9. The summed E-state index contributed by atoms with van der Waals surface area (Å²) in [5.74, 6) is 0. The second kappa shape index (κ2) is 3.69. The van der Waals surface area contributed by atoms with Crippen LogP contribution < -0.4 is 0 Å². The Hall–Kier alpha value is -0.180. The van der Waals surface area contributed by atoms with Crippen LogP contribution in [0.4, 0.5) is 0 Å². The molecule has 0 bridgehead atoms. The lowest BCUT2D eigenvalue weighted by Crippen LogP contribution is -2.01. The summed E-state index contributed by atoms with van der Waals surface area (Å²) in [6, 6.07) is 6.16. The quantitative estimate of drug-likeness (QED) is 0.658. The Balaban J connectivity index is 2.14. The highest BCUT2D eigenvalue weighted by Crippen LogP contribution is 2.49. The minimum atomic E-state index is 0.583. The molecule has 1 aromatic rings. The minimum Gasteiger partial charge on any atom is -0.117 e. The van der Waals surface area contributed by atoms with Crippen LogP contribution in [0.3, 0.4) is 0 Å². The van der Waals surface area contributed by atoms with Crippen LogP contribution in [-0.4, -0.2) is 5.25 Å². The SMILES string of the molecule is Clc1ccc2c(c1)SC1CC=C(Br)C=C21. The predicted octanol–water partition coefficient (Wildman–Crippen LogP) is 4.88. The molecule has 15 heavy (non-hydrogen) atoms. The van der Waals surface area contributed by atoms with Crippen molar-refractivity contribution >= 4 is 44.9 Å². The molecule has 0 nitrogen and oxygen atoms in total. The van der Waals surface area contributed by atoms with Crippen molar-refractivity contribution in [3.05, 3.63) is 45.4 Å². The first-order valence-corrected chi connectivity index (χ1v) is 6.83. The fourth-order valence-electron chi connectivity index (χ4n) is 2.00. The van der Waals surface area contributed by atoms with Gasteiger partial charge in [-0.1, -0.05) is 39.7 Å². The van der Waals surface area contributed by atoms with Crippen molar-refractivity contribution < 1.29 is 0 Å². The van der Waals surface area contributed by atoms with Gasteiger partial charge in [0.15, 0.2) is 0 Å². The van der Waals surface area contributed by atoms with Gasteiger partial charge >= 0.3 is 0 Å². The van der Waals surface area contributed by atoms with Crippen LogP contribution in [0.15, 0.2) is 39.7 Å². The van der Waals surface area contributed by atoms with Crippen LogP contribution in [0.1, 0.15) is 12.0 Å². The zero-order chi connectivity index (χ0) is 10.4. The van der Waals surface area contributed by atoms with E-state index >= 15 is 0 Å². The standard InChI is InChI=1S/C12H8BrClS/c13-7-1-4-11-10(5-7)9-3-2-8(14)6-12(9)15-11/h1-3,5-6,11H,4H2. The Kier molecular flexibility index (Phi) is 2.46. The molecule has 2 aliphatic rings. The highest BCUT2D eigenvalue weighted by molar-refractivity contribution is 9.11. The van der Waals surface area contributed by atoms with E-state index in [4.69, 9.17) is 11.6 Å². The average molecular weight is 300 g/mol. The molecular formula is C12H8BrClS. The summed E-state index contributed by atoms with van der Waals surface area (Å²) in [5, 5.41) is 1.41. The van der Waals surface area contributed by atoms with Gasteiger partial charge in [-0.25, -0.2) is 0 Å². The van der Waals surface area contributed by atoms with Crippen molar-refractivity contribution in [2.24, 2.45) is 0 Å². The molecule has 0 N–H and O–H groups in total. The van der Waals surface area contributed by atoms with Gasteiger partial charge in [-0.05, 0) is 35.8 Å². The highest BCUT2D eigenvalue weighted by Gasteiger charge is 2.28. The molecule has 1 aliphatic heterocycles. The number of fused-ring (bicyclic) bond motifs is 3. The maximum Gasteiger partial charge on any atom is 0.0417 e. The van der Waals surface area contributed by atoms with E-state index in [1.54, 1.807) is 0 Å². The van der Waals surface area contributed by atoms with Gasteiger partial charge < -0.3 is 0 Å². The fourth-order valence-corrected chi connectivity index (χ4v) is 3.99. The lowest BCUT2D eigenvalue weighted by Gasteiger charge is -2.13. The number of hydrogen-bond acceptors (Lipinski definition) is 1. The van der Waals surface area contributed by atoms with E-state index < -0.39 is 0 Å². The van der Waals surface area contributed by atoms with E-state index in [2.05, 4.69) is 40.2 Å². The van der Waals surface area contributed by atoms with Crippen LogP contribution in [0, 0.1) is 0 Å². The fraction of sp³-hybridized carbons (Fsp3) is 0.167. The van der Waals surface area contributed by atoms with E-state index in [9.17, 15) is 0 Å². The topological polar surface area (TPSA) is 0 Å². The molecular weight excluding hydrogens is 292 g/mol. The van der Waals surface area contributed by atoms with Gasteiger partial charge in [0.1, 0.15) is 0 Å². The summed E-state index contributed by atoms with van der Waals surface area (Å²) < 4.78 is 1.19. The number of allylic oxidation sites excluding steroid dienone is 3. The Bertz CT molecular complexity index is 490. The molecule has 1 heterocycles. The second-order valence-corrected chi connectivity index (χ2v) is 6.27. The zero-order valence-electron chi connectivity index (χ0n) is 7.84. The van der Waals surface area contributed by atoms with E-state index in [-0.39, 0.29) is 0 Å². The largest absolute Gasteiger partial charge is 0.117 e. The second-order valence-electron chi connectivity index (χ2n) is 3.67. The predicted molar refractivity (Wildman–Crippen MR) is 70.7 cm³/mol. The van der Waals surface area contributed by atoms with Crippen LogP contribution in [0.25, 0.3) is 5.57 Å². The molecule has 76 valence electrons. The Morgan fingerprint density at radius 1 is 1.40 bits per heavy atom. The summed E-state index contributed by atoms with van der Waals surface area (Å²) in [6.07, 6.45) is 5.55. The summed E-state index contributed by atoms with van der Waals surface area (Å²) in [7, 11) is 0.